The molecule has 1 rings (SSSR count). The first-order chi connectivity index (χ1) is 5.18. The van der Waals surface area contributed by atoms with E-state index in [1.807, 2.05) is 25.2 Å². The highest BCUT2D eigenvalue weighted by atomic mass is 16.1. The van der Waals surface area contributed by atoms with E-state index in [-0.39, 0.29) is 5.91 Å². The standard InChI is InChI=1S/C9H11NO/c1-7-4-3-5-9(6-7)10-8(2)11/h3-4,6H,5H2,1-2H3/p+1. The predicted octanol–water partition coefficient (Wildman–Crippen LogP) is -0.0393. The lowest BCUT2D eigenvalue weighted by atomic mass is 10.1. The zero-order valence-corrected chi connectivity index (χ0v) is 6.85. The minimum atomic E-state index is -0.000602. The van der Waals surface area contributed by atoms with Gasteiger partial charge in [-0.15, -0.1) is 0 Å². The number of rotatable bonds is 0. The Morgan fingerprint density at radius 2 is 2.36 bits per heavy atom. The van der Waals surface area contributed by atoms with Gasteiger partial charge in [0.15, 0.2) is 5.71 Å². The van der Waals surface area contributed by atoms with Crippen molar-refractivity contribution in [3.05, 3.63) is 23.8 Å². The van der Waals surface area contributed by atoms with Crippen LogP contribution < -0.4 is 4.99 Å². The maximum Gasteiger partial charge on any atom is 0.382 e. The van der Waals surface area contributed by atoms with Crippen LogP contribution in [0.4, 0.5) is 0 Å². The highest BCUT2D eigenvalue weighted by Gasteiger charge is 2.06. The summed E-state index contributed by atoms with van der Waals surface area (Å²) in [5.74, 6) is -0.000602. The number of carbonyl (C=O) groups is 1. The minimum absolute atomic E-state index is 0.000602. The van der Waals surface area contributed by atoms with Gasteiger partial charge < -0.3 is 0 Å². The Balaban J connectivity index is 2.78. The molecule has 2 nitrogen and oxygen atoms in total. The lowest BCUT2D eigenvalue weighted by Crippen LogP contribution is -2.76. The predicted molar refractivity (Wildman–Crippen MR) is 44.2 cm³/mol. The summed E-state index contributed by atoms with van der Waals surface area (Å²) in [5, 5.41) is 0. The smallest absolute Gasteiger partial charge is 0.220 e. The summed E-state index contributed by atoms with van der Waals surface area (Å²) in [6, 6.07) is 0. The van der Waals surface area contributed by atoms with E-state index in [0.717, 1.165) is 12.1 Å². The summed E-state index contributed by atoms with van der Waals surface area (Å²) >= 11 is 0. The molecule has 0 spiro atoms. The Kier molecular flexibility index (Phi) is 2.36. The van der Waals surface area contributed by atoms with Crippen LogP contribution in [0.1, 0.15) is 20.3 Å². The molecule has 0 aromatic rings. The van der Waals surface area contributed by atoms with Gasteiger partial charge in [0.25, 0.3) is 0 Å². The van der Waals surface area contributed by atoms with E-state index in [0.29, 0.717) is 0 Å². The molecule has 0 fully saturated rings. The number of nitrogens with one attached hydrogen (secondary N) is 1. The van der Waals surface area contributed by atoms with Gasteiger partial charge in [0.1, 0.15) is 0 Å². The number of carbonyl (C=O) groups excluding carboxylic acids is 1. The lowest BCUT2D eigenvalue weighted by molar-refractivity contribution is -0.375. The van der Waals surface area contributed by atoms with Gasteiger partial charge in [-0.2, -0.15) is 4.99 Å². The third-order valence-corrected chi connectivity index (χ3v) is 1.46. The molecule has 0 heterocycles. The first-order valence-corrected chi connectivity index (χ1v) is 3.67. The van der Waals surface area contributed by atoms with Gasteiger partial charge in [0, 0.05) is 6.08 Å². The van der Waals surface area contributed by atoms with Crippen molar-refractivity contribution in [3.63, 3.8) is 0 Å². The minimum Gasteiger partial charge on any atom is -0.220 e. The fraction of sp³-hybridized carbons (Fsp3) is 0.333. The van der Waals surface area contributed by atoms with Crippen molar-refractivity contribution < 1.29 is 9.79 Å². The molecule has 0 saturated carbocycles. The van der Waals surface area contributed by atoms with Crippen LogP contribution >= 0.6 is 0 Å². The Morgan fingerprint density at radius 1 is 1.64 bits per heavy atom. The van der Waals surface area contributed by atoms with E-state index in [4.69, 9.17) is 0 Å². The molecule has 0 aromatic carbocycles. The molecule has 0 bridgehead atoms. The van der Waals surface area contributed by atoms with Crippen LogP contribution in [0.2, 0.25) is 0 Å². The molecule has 1 aliphatic carbocycles. The van der Waals surface area contributed by atoms with Crippen molar-refractivity contribution in [1.82, 2.24) is 0 Å². The molecule has 11 heavy (non-hydrogen) atoms. The summed E-state index contributed by atoms with van der Waals surface area (Å²) in [6.45, 7) is 3.53. The van der Waals surface area contributed by atoms with Gasteiger partial charge in [-0.25, -0.2) is 4.79 Å². The number of amides is 1. The van der Waals surface area contributed by atoms with Gasteiger partial charge in [-0.05, 0) is 12.5 Å². The zero-order valence-electron chi connectivity index (χ0n) is 6.85. The van der Waals surface area contributed by atoms with Crippen LogP contribution in [0.15, 0.2) is 23.8 Å². The first-order valence-electron chi connectivity index (χ1n) is 3.67. The lowest BCUT2D eigenvalue weighted by Gasteiger charge is -1.97. The van der Waals surface area contributed by atoms with Gasteiger partial charge in [-0.1, -0.05) is 12.2 Å². The second-order valence-corrected chi connectivity index (χ2v) is 2.70. The van der Waals surface area contributed by atoms with Gasteiger partial charge in [0.2, 0.25) is 0 Å². The maximum absolute atomic E-state index is 10.6. The van der Waals surface area contributed by atoms with Crippen LogP contribution in [0.5, 0.6) is 0 Å². The van der Waals surface area contributed by atoms with E-state index >= 15 is 0 Å². The summed E-state index contributed by atoms with van der Waals surface area (Å²) in [4.78, 5) is 13.4. The Hall–Kier alpha value is -1.18. The molecular formula is C9H12NO+. The second kappa shape index (κ2) is 3.28. The monoisotopic (exact) mass is 150 g/mol. The Bertz CT molecular complexity index is 259. The van der Waals surface area contributed by atoms with E-state index in [1.165, 1.54) is 12.5 Å². The molecule has 0 aliphatic heterocycles. The second-order valence-electron chi connectivity index (χ2n) is 2.70. The average Bonchev–Trinajstić information content (AvgIpc) is 1.85. The highest BCUT2D eigenvalue weighted by molar-refractivity contribution is 5.95. The Labute approximate surface area is 66.3 Å². The fourth-order valence-electron chi connectivity index (χ4n) is 1.07. The summed E-state index contributed by atoms with van der Waals surface area (Å²) in [6.07, 6.45) is 6.91. The van der Waals surface area contributed by atoms with Crippen molar-refractivity contribution in [3.8, 4) is 0 Å². The molecule has 0 unspecified atom stereocenters. The van der Waals surface area contributed by atoms with Crippen LogP contribution in [0.3, 0.4) is 0 Å². The summed E-state index contributed by atoms with van der Waals surface area (Å²) < 4.78 is 0. The molecular weight excluding hydrogens is 138 g/mol. The van der Waals surface area contributed by atoms with Gasteiger partial charge >= 0.3 is 5.91 Å². The molecule has 2 heteroatoms. The van der Waals surface area contributed by atoms with Crippen LogP contribution in [0.25, 0.3) is 0 Å². The van der Waals surface area contributed by atoms with Crippen LogP contribution in [-0.2, 0) is 4.79 Å². The van der Waals surface area contributed by atoms with Gasteiger partial charge in [0.05, 0.1) is 13.3 Å². The van der Waals surface area contributed by atoms with Crippen molar-refractivity contribution in [1.29, 1.82) is 0 Å². The normalized spacial score (nSPS) is 20.2. The molecule has 1 aliphatic rings. The molecule has 0 aromatic heterocycles. The van der Waals surface area contributed by atoms with E-state index in [2.05, 4.69) is 4.99 Å². The summed E-state index contributed by atoms with van der Waals surface area (Å²) in [7, 11) is 0. The third-order valence-electron chi connectivity index (χ3n) is 1.46. The topological polar surface area (TPSA) is 31.0 Å². The van der Waals surface area contributed by atoms with Crippen molar-refractivity contribution >= 4 is 11.6 Å². The van der Waals surface area contributed by atoms with E-state index in [9.17, 15) is 4.79 Å². The SMILES string of the molecule is CC(=O)[NH+]=C1C=C(C)C=CC1. The van der Waals surface area contributed by atoms with Crippen LogP contribution in [0, 0.1) is 0 Å². The fourth-order valence-corrected chi connectivity index (χ4v) is 1.07. The van der Waals surface area contributed by atoms with Crippen molar-refractivity contribution in [2.45, 2.75) is 20.3 Å². The van der Waals surface area contributed by atoms with E-state index in [1.54, 1.807) is 0 Å². The van der Waals surface area contributed by atoms with Crippen molar-refractivity contribution in [2.24, 2.45) is 0 Å². The van der Waals surface area contributed by atoms with Gasteiger partial charge in [-0.3, -0.25) is 0 Å². The average molecular weight is 150 g/mol. The molecule has 1 amide bonds. The zero-order chi connectivity index (χ0) is 8.27. The van der Waals surface area contributed by atoms with Crippen molar-refractivity contribution in [2.75, 3.05) is 0 Å². The molecule has 58 valence electrons. The van der Waals surface area contributed by atoms with Crippen LogP contribution in [-0.4, -0.2) is 11.6 Å². The largest absolute Gasteiger partial charge is 0.382 e. The quantitative estimate of drug-likeness (QED) is 0.516. The maximum atomic E-state index is 10.6. The first kappa shape index (κ1) is 7.92. The highest BCUT2D eigenvalue weighted by Crippen LogP contribution is 2.03. The van der Waals surface area contributed by atoms with E-state index < -0.39 is 0 Å². The summed E-state index contributed by atoms with van der Waals surface area (Å²) in [5.41, 5.74) is 2.16. The number of allylic oxidation sites excluding steroid dienone is 4. The third kappa shape index (κ3) is 2.50. The Morgan fingerprint density at radius 3 is 2.91 bits per heavy atom. The molecule has 1 N–H and O–H groups in total. The molecule has 0 radical (unpaired) electrons. The molecule has 0 saturated heterocycles. The number of hydrogen-bond donors (Lipinski definition) is 1. The molecule has 0 atom stereocenters. The number of hydrogen-bond acceptors (Lipinski definition) is 1.